The molecule has 178 valence electrons. The molecule has 2 aromatic heterocycles. The predicted molar refractivity (Wildman–Crippen MR) is 131 cm³/mol. The fraction of sp³-hybridized carbons (Fsp3) is 0.348. The van der Waals surface area contributed by atoms with Crippen LogP contribution in [0.3, 0.4) is 0 Å². The van der Waals surface area contributed by atoms with E-state index in [1.54, 1.807) is 16.7 Å². The van der Waals surface area contributed by atoms with Gasteiger partial charge in [0, 0.05) is 45.1 Å². The van der Waals surface area contributed by atoms with E-state index < -0.39 is 11.4 Å². The number of nitrogens with one attached hydrogen (secondary N) is 1. The smallest absolute Gasteiger partial charge is 0.341 e. The summed E-state index contributed by atoms with van der Waals surface area (Å²) in [5, 5.41) is 13.4. The lowest BCUT2D eigenvalue weighted by Gasteiger charge is -2.37. The number of carbonyl (C=O) groups is 1. The summed E-state index contributed by atoms with van der Waals surface area (Å²) in [6.45, 7) is 6.86. The largest absolute Gasteiger partial charge is 0.477 e. The van der Waals surface area contributed by atoms with Crippen molar-refractivity contribution in [3.05, 3.63) is 63.8 Å². The SMILES string of the molecule is CCn1cc(C(=O)O)c(=O)c2cnc(N3CCN(C(=S)N[C@H](C)c4ccc(F)cc4)CC3)nc21. The Balaban J connectivity index is 1.45. The number of carboxylic acids is 1. The topological polar surface area (TPSA) is 104 Å². The molecule has 2 N–H and O–H groups in total. The zero-order valence-electron chi connectivity index (χ0n) is 18.9. The van der Waals surface area contributed by atoms with Crippen molar-refractivity contribution in [3.63, 3.8) is 0 Å². The molecule has 0 radical (unpaired) electrons. The molecular weight excluding hydrogens is 459 g/mol. The van der Waals surface area contributed by atoms with E-state index in [0.717, 1.165) is 5.56 Å². The van der Waals surface area contributed by atoms with E-state index in [0.29, 0.717) is 49.4 Å². The number of pyridine rings is 1. The number of fused-ring (bicyclic) bond motifs is 1. The van der Waals surface area contributed by atoms with Gasteiger partial charge in [-0.2, -0.15) is 4.98 Å². The molecule has 4 rings (SSSR count). The Kier molecular flexibility index (Phi) is 6.73. The monoisotopic (exact) mass is 484 g/mol. The highest BCUT2D eigenvalue weighted by molar-refractivity contribution is 7.80. The van der Waals surface area contributed by atoms with E-state index in [-0.39, 0.29) is 22.8 Å². The molecule has 9 nitrogen and oxygen atoms in total. The van der Waals surface area contributed by atoms with Gasteiger partial charge in [0.2, 0.25) is 11.4 Å². The number of piperazine rings is 1. The summed E-state index contributed by atoms with van der Waals surface area (Å²) in [7, 11) is 0. The van der Waals surface area contributed by atoms with Gasteiger partial charge in [0.15, 0.2) is 5.11 Å². The third-order valence-electron chi connectivity index (χ3n) is 5.93. The minimum absolute atomic E-state index is 0.0589. The minimum Gasteiger partial charge on any atom is -0.477 e. The molecule has 1 aliphatic heterocycles. The molecule has 0 spiro atoms. The summed E-state index contributed by atoms with van der Waals surface area (Å²) in [6.07, 6.45) is 2.73. The number of hydrogen-bond donors (Lipinski definition) is 2. The number of anilines is 1. The summed E-state index contributed by atoms with van der Waals surface area (Å²) < 4.78 is 14.8. The van der Waals surface area contributed by atoms with Crippen LogP contribution in [0.2, 0.25) is 0 Å². The highest BCUT2D eigenvalue weighted by Gasteiger charge is 2.23. The van der Waals surface area contributed by atoms with Crippen molar-refractivity contribution in [1.29, 1.82) is 0 Å². The van der Waals surface area contributed by atoms with Gasteiger partial charge >= 0.3 is 5.97 Å². The van der Waals surface area contributed by atoms with E-state index in [2.05, 4.69) is 20.2 Å². The minimum atomic E-state index is -1.27. The van der Waals surface area contributed by atoms with E-state index in [4.69, 9.17) is 12.2 Å². The maximum atomic E-state index is 13.2. The van der Waals surface area contributed by atoms with Crippen molar-refractivity contribution >= 4 is 40.3 Å². The normalized spacial score (nSPS) is 14.8. The van der Waals surface area contributed by atoms with E-state index in [9.17, 15) is 19.1 Å². The second-order valence-corrected chi connectivity index (χ2v) is 8.45. The Bertz CT molecular complexity index is 1290. The van der Waals surface area contributed by atoms with Crippen molar-refractivity contribution in [2.45, 2.75) is 26.4 Å². The van der Waals surface area contributed by atoms with Crippen molar-refractivity contribution in [3.8, 4) is 0 Å². The molecule has 1 aliphatic rings. The highest BCUT2D eigenvalue weighted by atomic mass is 32.1. The number of aromatic nitrogens is 3. The average molecular weight is 485 g/mol. The molecule has 0 amide bonds. The maximum Gasteiger partial charge on any atom is 0.341 e. The number of benzene rings is 1. The zero-order valence-corrected chi connectivity index (χ0v) is 19.7. The van der Waals surface area contributed by atoms with Gasteiger partial charge in [-0.1, -0.05) is 12.1 Å². The van der Waals surface area contributed by atoms with E-state index in [1.165, 1.54) is 24.5 Å². The van der Waals surface area contributed by atoms with Gasteiger partial charge in [-0.15, -0.1) is 0 Å². The summed E-state index contributed by atoms with van der Waals surface area (Å²) in [5.74, 6) is -1.06. The molecule has 0 unspecified atom stereocenters. The third-order valence-corrected chi connectivity index (χ3v) is 6.31. The zero-order chi connectivity index (χ0) is 24.4. The van der Waals surface area contributed by atoms with Crippen molar-refractivity contribution < 1.29 is 14.3 Å². The van der Waals surface area contributed by atoms with Crippen molar-refractivity contribution in [1.82, 2.24) is 24.8 Å². The lowest BCUT2D eigenvalue weighted by molar-refractivity contribution is 0.0695. The van der Waals surface area contributed by atoms with Crippen LogP contribution in [-0.4, -0.2) is 61.8 Å². The number of nitrogens with zero attached hydrogens (tertiary/aromatic N) is 5. The van der Waals surface area contributed by atoms with E-state index in [1.807, 2.05) is 18.7 Å². The fourth-order valence-electron chi connectivity index (χ4n) is 3.93. The number of carboxylic acid groups (broad SMARTS) is 1. The van der Waals surface area contributed by atoms with Crippen LogP contribution in [0, 0.1) is 5.82 Å². The van der Waals surface area contributed by atoms with Gasteiger partial charge < -0.3 is 24.8 Å². The second-order valence-electron chi connectivity index (χ2n) is 8.07. The first-order valence-electron chi connectivity index (χ1n) is 11.0. The van der Waals surface area contributed by atoms with Gasteiger partial charge in [-0.25, -0.2) is 14.2 Å². The van der Waals surface area contributed by atoms with Crippen LogP contribution in [0.15, 0.2) is 41.5 Å². The van der Waals surface area contributed by atoms with Gasteiger partial charge in [0.05, 0.1) is 11.4 Å². The molecule has 3 aromatic rings. The molecular formula is C23H25FN6O3S. The number of aromatic carboxylic acids is 1. The summed E-state index contributed by atoms with van der Waals surface area (Å²) in [6, 6.07) is 6.27. The molecule has 1 aromatic carbocycles. The van der Waals surface area contributed by atoms with Crippen LogP contribution in [-0.2, 0) is 6.54 Å². The first-order valence-corrected chi connectivity index (χ1v) is 11.4. The predicted octanol–water partition coefficient (Wildman–Crippen LogP) is 2.41. The summed E-state index contributed by atoms with van der Waals surface area (Å²) in [4.78, 5) is 36.9. The van der Waals surface area contributed by atoms with Gasteiger partial charge in [-0.3, -0.25) is 4.79 Å². The van der Waals surface area contributed by atoms with Gasteiger partial charge in [0.25, 0.3) is 0 Å². The lowest BCUT2D eigenvalue weighted by atomic mass is 10.1. The quantitative estimate of drug-likeness (QED) is 0.529. The van der Waals surface area contributed by atoms with Crippen LogP contribution >= 0.6 is 12.2 Å². The number of thiocarbonyl (C=S) groups is 1. The standard InChI is InChI=1S/C23H25FN6O3S/c1-3-28-13-18(21(32)33)19(31)17-12-25-22(27-20(17)28)29-8-10-30(11-9-29)23(34)26-14(2)15-4-6-16(24)7-5-15/h4-7,12-14H,3,8-11H2,1-2H3,(H,26,34)(H,32,33)/t14-/m1/s1. The van der Waals surface area contributed by atoms with Crippen LogP contribution < -0.4 is 15.6 Å². The molecule has 3 heterocycles. The fourth-order valence-corrected chi connectivity index (χ4v) is 4.29. The number of hydrogen-bond acceptors (Lipinski definition) is 6. The van der Waals surface area contributed by atoms with Crippen LogP contribution in [0.1, 0.15) is 35.8 Å². The molecule has 1 saturated heterocycles. The molecule has 0 bridgehead atoms. The summed E-state index contributed by atoms with van der Waals surface area (Å²) in [5.41, 5.74) is 0.473. The number of aryl methyl sites for hydroxylation is 1. The molecule has 34 heavy (non-hydrogen) atoms. The number of halogens is 1. The van der Waals surface area contributed by atoms with E-state index >= 15 is 0 Å². The van der Waals surface area contributed by atoms with Gasteiger partial charge in [0.1, 0.15) is 17.0 Å². The first kappa shape index (κ1) is 23.6. The molecule has 11 heteroatoms. The number of rotatable bonds is 5. The Morgan fingerprint density at radius 1 is 1.24 bits per heavy atom. The average Bonchev–Trinajstić information content (AvgIpc) is 2.84. The Morgan fingerprint density at radius 3 is 2.53 bits per heavy atom. The Labute approximate surface area is 200 Å². The third kappa shape index (κ3) is 4.69. The highest BCUT2D eigenvalue weighted by Crippen LogP contribution is 2.17. The first-order chi connectivity index (χ1) is 16.3. The van der Waals surface area contributed by atoms with Crippen molar-refractivity contribution in [2.75, 3.05) is 31.1 Å². The molecule has 0 aliphatic carbocycles. The molecule has 0 saturated carbocycles. The van der Waals surface area contributed by atoms with Gasteiger partial charge in [-0.05, 0) is 43.8 Å². The maximum absolute atomic E-state index is 13.2. The van der Waals surface area contributed by atoms with Crippen LogP contribution in [0.5, 0.6) is 0 Å². The second kappa shape index (κ2) is 9.72. The Morgan fingerprint density at radius 2 is 1.91 bits per heavy atom. The van der Waals surface area contributed by atoms with Crippen molar-refractivity contribution in [2.24, 2.45) is 0 Å². The van der Waals surface area contributed by atoms with Crippen LogP contribution in [0.25, 0.3) is 11.0 Å². The van der Waals surface area contributed by atoms with Crippen LogP contribution in [0.4, 0.5) is 10.3 Å². The molecule has 1 atom stereocenters. The lowest BCUT2D eigenvalue weighted by Crippen LogP contribution is -2.52. The summed E-state index contributed by atoms with van der Waals surface area (Å²) >= 11 is 5.58. The molecule has 1 fully saturated rings. The Hall–Kier alpha value is -3.60.